The molecule has 0 aliphatic rings. The van der Waals surface area contributed by atoms with E-state index in [1.54, 1.807) is 12.3 Å². The van der Waals surface area contributed by atoms with Crippen molar-refractivity contribution < 1.29 is 14.6 Å². The van der Waals surface area contributed by atoms with Crippen molar-refractivity contribution in [3.63, 3.8) is 0 Å². The predicted octanol–water partition coefficient (Wildman–Crippen LogP) is 4.41. The topological polar surface area (TPSA) is 122 Å². The number of hydrogen-bond acceptors (Lipinski definition) is 8. The van der Waals surface area contributed by atoms with E-state index in [4.69, 9.17) is 20.7 Å². The Bertz CT molecular complexity index is 1300. The van der Waals surface area contributed by atoms with Crippen molar-refractivity contribution in [2.75, 3.05) is 24.2 Å². The Labute approximate surface area is 208 Å². The Morgan fingerprint density at radius 3 is 2.37 bits per heavy atom. The van der Waals surface area contributed by atoms with Crippen molar-refractivity contribution in [1.29, 1.82) is 0 Å². The summed E-state index contributed by atoms with van der Waals surface area (Å²) in [6, 6.07) is 19.5. The summed E-state index contributed by atoms with van der Waals surface area (Å²) < 4.78 is 8.79. The number of fused-ring (bicyclic) bond motifs is 1. The van der Waals surface area contributed by atoms with Crippen LogP contribution in [0, 0.1) is 0 Å². The van der Waals surface area contributed by atoms with Crippen LogP contribution in [-0.4, -0.2) is 40.5 Å². The second-order valence-electron chi connectivity index (χ2n) is 7.80. The molecule has 8 nitrogen and oxygen atoms in total. The minimum atomic E-state index is -0.402. The number of ether oxygens (including phenoxy) is 1. The lowest BCUT2D eigenvalue weighted by Crippen LogP contribution is -2.30. The lowest BCUT2D eigenvalue weighted by atomic mass is 10.0. The van der Waals surface area contributed by atoms with Gasteiger partial charge in [-0.15, -0.1) is 0 Å². The zero-order chi connectivity index (χ0) is 24.6. The molecule has 0 saturated carbocycles. The first kappa shape index (κ1) is 24.5. The SMILES string of the molecule is CSNc1cc2nc(-c3ccc(-c4ccc(OCCCCO)cc4)cc3)cc(C(=O)NN)c2cn1. The van der Waals surface area contributed by atoms with Gasteiger partial charge in [0.25, 0.3) is 5.91 Å². The third-order valence-corrected chi connectivity index (χ3v) is 5.88. The zero-order valence-corrected chi connectivity index (χ0v) is 20.1. The maximum atomic E-state index is 12.5. The number of benzene rings is 2. The van der Waals surface area contributed by atoms with Gasteiger partial charge in [-0.05, 0) is 42.2 Å². The second-order valence-corrected chi connectivity index (χ2v) is 8.41. The average Bonchev–Trinajstić information content (AvgIpc) is 2.90. The Hall–Kier alpha value is -3.66. The molecular weight excluding hydrogens is 462 g/mol. The molecule has 35 heavy (non-hydrogen) atoms. The third-order valence-electron chi connectivity index (χ3n) is 5.47. The lowest BCUT2D eigenvalue weighted by Gasteiger charge is -2.11. The summed E-state index contributed by atoms with van der Waals surface area (Å²) in [5, 5.41) is 9.48. The van der Waals surface area contributed by atoms with E-state index < -0.39 is 5.91 Å². The number of nitrogens with two attached hydrogens (primary N) is 1. The van der Waals surface area contributed by atoms with Gasteiger partial charge in [-0.3, -0.25) is 10.2 Å². The molecule has 180 valence electrons. The molecule has 9 heteroatoms. The lowest BCUT2D eigenvalue weighted by molar-refractivity contribution is 0.0955. The molecule has 5 N–H and O–H groups in total. The number of hydrogen-bond donors (Lipinski definition) is 4. The Kier molecular flexibility index (Phi) is 8.15. The van der Waals surface area contributed by atoms with Crippen molar-refractivity contribution in [1.82, 2.24) is 15.4 Å². The van der Waals surface area contributed by atoms with E-state index in [1.165, 1.54) is 11.9 Å². The Morgan fingerprint density at radius 2 is 1.71 bits per heavy atom. The number of aliphatic hydroxyl groups is 1. The van der Waals surface area contributed by atoms with Crippen LogP contribution < -0.4 is 20.7 Å². The highest BCUT2D eigenvalue weighted by Crippen LogP contribution is 2.29. The minimum absolute atomic E-state index is 0.183. The number of carbonyl (C=O) groups is 1. The molecular formula is C26H27N5O3S. The van der Waals surface area contributed by atoms with E-state index >= 15 is 0 Å². The van der Waals surface area contributed by atoms with Gasteiger partial charge in [-0.25, -0.2) is 15.8 Å². The van der Waals surface area contributed by atoms with Gasteiger partial charge in [0, 0.05) is 36.1 Å². The Balaban J connectivity index is 1.60. The van der Waals surface area contributed by atoms with Gasteiger partial charge in [-0.2, -0.15) is 0 Å². The normalized spacial score (nSPS) is 10.8. The number of nitrogens with one attached hydrogen (secondary N) is 2. The number of unbranched alkanes of at least 4 members (excludes halogenated alkanes) is 1. The maximum absolute atomic E-state index is 12.5. The molecule has 0 fully saturated rings. The van der Waals surface area contributed by atoms with Crippen molar-refractivity contribution in [2.24, 2.45) is 5.84 Å². The summed E-state index contributed by atoms with van der Waals surface area (Å²) in [4.78, 5) is 21.6. The van der Waals surface area contributed by atoms with Crippen LogP contribution in [0.25, 0.3) is 33.3 Å². The summed E-state index contributed by atoms with van der Waals surface area (Å²) in [6.07, 6.45) is 5.09. The van der Waals surface area contributed by atoms with Crippen LogP contribution in [0.15, 0.2) is 66.9 Å². The molecule has 0 atom stereocenters. The van der Waals surface area contributed by atoms with Gasteiger partial charge in [0.2, 0.25) is 0 Å². The fraction of sp³-hybridized carbons (Fsp3) is 0.192. The van der Waals surface area contributed by atoms with Crippen LogP contribution in [0.1, 0.15) is 23.2 Å². The van der Waals surface area contributed by atoms with Crippen LogP contribution in [0.5, 0.6) is 5.75 Å². The number of amides is 1. The monoisotopic (exact) mass is 489 g/mol. The summed E-state index contributed by atoms with van der Waals surface area (Å²) in [6.45, 7) is 0.768. The molecule has 1 amide bonds. The quantitative estimate of drug-likeness (QED) is 0.0850. The van der Waals surface area contributed by atoms with E-state index in [0.29, 0.717) is 34.6 Å². The van der Waals surface area contributed by atoms with E-state index in [-0.39, 0.29) is 6.61 Å². The molecule has 0 aliphatic carbocycles. The molecule has 0 unspecified atom stereocenters. The van der Waals surface area contributed by atoms with Crippen molar-refractivity contribution in [3.8, 4) is 28.1 Å². The maximum Gasteiger partial charge on any atom is 0.265 e. The minimum Gasteiger partial charge on any atom is -0.494 e. The largest absolute Gasteiger partial charge is 0.494 e. The van der Waals surface area contributed by atoms with Crippen LogP contribution in [0.3, 0.4) is 0 Å². The molecule has 0 bridgehead atoms. The highest BCUT2D eigenvalue weighted by atomic mass is 32.2. The molecule has 4 aromatic rings. The number of aromatic nitrogens is 2. The fourth-order valence-electron chi connectivity index (χ4n) is 3.68. The molecule has 0 saturated heterocycles. The van der Waals surface area contributed by atoms with Crippen LogP contribution in [0.4, 0.5) is 5.82 Å². The van der Waals surface area contributed by atoms with Crippen molar-refractivity contribution in [2.45, 2.75) is 12.8 Å². The highest BCUT2D eigenvalue weighted by molar-refractivity contribution is 7.99. The summed E-state index contributed by atoms with van der Waals surface area (Å²) in [5.41, 5.74) is 6.92. The number of carbonyl (C=O) groups excluding carboxylic acids is 1. The highest BCUT2D eigenvalue weighted by Gasteiger charge is 2.14. The molecule has 0 spiro atoms. The zero-order valence-electron chi connectivity index (χ0n) is 19.3. The molecule has 4 rings (SSSR count). The first-order valence-corrected chi connectivity index (χ1v) is 12.4. The first-order chi connectivity index (χ1) is 17.1. The number of nitrogens with zero attached hydrogens (tertiary/aromatic N) is 2. The first-order valence-electron chi connectivity index (χ1n) is 11.2. The van der Waals surface area contributed by atoms with Crippen LogP contribution >= 0.6 is 11.9 Å². The number of anilines is 1. The standard InChI is InChI=1S/C26H27N5O3S/c1-35-31-25-15-24-22(16-28-25)21(26(33)30-27)14-23(29-24)19-6-4-17(5-7-19)18-8-10-20(11-9-18)34-13-3-2-12-32/h4-11,14-16,32H,2-3,12-13,27H2,1H3,(H,28,31)(H,30,33). The van der Waals surface area contributed by atoms with E-state index in [0.717, 1.165) is 35.3 Å². The molecule has 0 aliphatic heterocycles. The van der Waals surface area contributed by atoms with E-state index in [1.807, 2.05) is 60.9 Å². The molecule has 2 heterocycles. The number of pyridine rings is 2. The average molecular weight is 490 g/mol. The Morgan fingerprint density at radius 1 is 1.03 bits per heavy atom. The predicted molar refractivity (Wildman–Crippen MR) is 141 cm³/mol. The van der Waals surface area contributed by atoms with E-state index in [2.05, 4.69) is 15.1 Å². The van der Waals surface area contributed by atoms with Gasteiger partial charge < -0.3 is 14.6 Å². The fourth-order valence-corrected chi connectivity index (χ4v) is 4.00. The summed E-state index contributed by atoms with van der Waals surface area (Å²) in [5.74, 6) is 6.48. The molecule has 2 aromatic carbocycles. The summed E-state index contributed by atoms with van der Waals surface area (Å²) >= 11 is 1.43. The van der Waals surface area contributed by atoms with Crippen molar-refractivity contribution >= 4 is 34.6 Å². The van der Waals surface area contributed by atoms with Gasteiger partial charge in [0.05, 0.1) is 23.4 Å². The second kappa shape index (κ2) is 11.7. The van der Waals surface area contributed by atoms with Crippen LogP contribution in [0.2, 0.25) is 0 Å². The van der Waals surface area contributed by atoms with Gasteiger partial charge in [0.1, 0.15) is 11.6 Å². The third kappa shape index (κ3) is 5.89. The van der Waals surface area contributed by atoms with Crippen molar-refractivity contribution in [3.05, 3.63) is 72.4 Å². The number of rotatable bonds is 10. The molecule has 2 aromatic heterocycles. The smallest absolute Gasteiger partial charge is 0.265 e. The number of aliphatic hydroxyl groups excluding tert-OH is 1. The van der Waals surface area contributed by atoms with Crippen LogP contribution in [-0.2, 0) is 0 Å². The van der Waals surface area contributed by atoms with E-state index in [9.17, 15) is 4.79 Å². The summed E-state index contributed by atoms with van der Waals surface area (Å²) in [7, 11) is 0. The number of nitrogen functional groups attached to an aromatic ring is 1. The van der Waals surface area contributed by atoms with Gasteiger partial charge in [-0.1, -0.05) is 48.3 Å². The van der Waals surface area contributed by atoms with Gasteiger partial charge in [0.15, 0.2) is 0 Å². The molecule has 0 radical (unpaired) electrons. The van der Waals surface area contributed by atoms with Gasteiger partial charge >= 0.3 is 0 Å². The number of hydrazine groups is 1.